The van der Waals surface area contributed by atoms with E-state index in [9.17, 15) is 5.26 Å². The summed E-state index contributed by atoms with van der Waals surface area (Å²) in [6.45, 7) is 2.56. The number of morpholine rings is 1. The number of nitrogens with zero attached hydrogens (tertiary/aromatic N) is 4. The van der Waals surface area contributed by atoms with Crippen molar-refractivity contribution in [3.63, 3.8) is 0 Å². The van der Waals surface area contributed by atoms with E-state index in [1.807, 2.05) is 4.90 Å². The van der Waals surface area contributed by atoms with E-state index in [0.29, 0.717) is 66.4 Å². The smallest absolute Gasteiger partial charge is 0.203 e. The Morgan fingerprint density at radius 1 is 1.07 bits per heavy atom. The van der Waals surface area contributed by atoms with Gasteiger partial charge in [0.25, 0.3) is 0 Å². The molecule has 1 fully saturated rings. The second-order valence-corrected chi connectivity index (χ2v) is 5.67. The van der Waals surface area contributed by atoms with Gasteiger partial charge in [-0.2, -0.15) is 5.26 Å². The van der Waals surface area contributed by atoms with Crippen molar-refractivity contribution in [1.29, 1.82) is 5.26 Å². The SMILES string of the molecule is COc1cc(Nc2ncnc(N3CCOCC3)c2C#N)cc(OC)c1OC. The van der Waals surface area contributed by atoms with Crippen molar-refractivity contribution < 1.29 is 18.9 Å². The van der Waals surface area contributed by atoms with Gasteiger partial charge in [0.1, 0.15) is 18.0 Å². The zero-order valence-corrected chi connectivity index (χ0v) is 15.5. The number of benzene rings is 1. The van der Waals surface area contributed by atoms with Gasteiger partial charge in [-0.1, -0.05) is 0 Å². The van der Waals surface area contributed by atoms with Crippen LogP contribution >= 0.6 is 0 Å². The van der Waals surface area contributed by atoms with E-state index in [-0.39, 0.29) is 0 Å². The summed E-state index contributed by atoms with van der Waals surface area (Å²) in [5.74, 6) is 2.48. The summed E-state index contributed by atoms with van der Waals surface area (Å²) >= 11 is 0. The van der Waals surface area contributed by atoms with E-state index in [2.05, 4.69) is 21.4 Å². The molecule has 0 atom stereocenters. The fraction of sp³-hybridized carbons (Fsp3) is 0.389. The Hall–Kier alpha value is -3.25. The van der Waals surface area contributed by atoms with E-state index in [1.54, 1.807) is 33.5 Å². The van der Waals surface area contributed by atoms with Crippen LogP contribution in [0.2, 0.25) is 0 Å². The molecule has 1 aliphatic rings. The Labute approximate surface area is 157 Å². The van der Waals surface area contributed by atoms with Gasteiger partial charge in [0.05, 0.1) is 34.5 Å². The molecule has 1 aromatic carbocycles. The van der Waals surface area contributed by atoms with Crippen LogP contribution in [0.15, 0.2) is 18.5 Å². The van der Waals surface area contributed by atoms with Crippen LogP contribution in [0.3, 0.4) is 0 Å². The molecule has 9 nitrogen and oxygen atoms in total. The summed E-state index contributed by atoms with van der Waals surface area (Å²) in [4.78, 5) is 10.6. The first-order chi connectivity index (χ1) is 13.2. The van der Waals surface area contributed by atoms with E-state index >= 15 is 0 Å². The van der Waals surface area contributed by atoms with Crippen LogP contribution < -0.4 is 24.4 Å². The second kappa shape index (κ2) is 8.42. The standard InChI is InChI=1S/C18H21N5O4/c1-24-14-8-12(9-15(25-2)16(14)26-3)22-17-13(10-19)18(21-11-20-17)23-4-6-27-7-5-23/h8-9,11H,4-7H2,1-3H3,(H,20,21,22). The van der Waals surface area contributed by atoms with Crippen LogP contribution in [0, 0.1) is 11.3 Å². The van der Waals surface area contributed by atoms with Crippen LogP contribution in [0.4, 0.5) is 17.3 Å². The predicted molar refractivity (Wildman–Crippen MR) is 99.2 cm³/mol. The van der Waals surface area contributed by atoms with Gasteiger partial charge in [0.15, 0.2) is 23.1 Å². The molecule has 3 rings (SSSR count). The van der Waals surface area contributed by atoms with Crippen molar-refractivity contribution in [2.24, 2.45) is 0 Å². The number of nitrogens with one attached hydrogen (secondary N) is 1. The quantitative estimate of drug-likeness (QED) is 0.816. The van der Waals surface area contributed by atoms with Crippen molar-refractivity contribution in [3.8, 4) is 23.3 Å². The average Bonchev–Trinajstić information content (AvgIpc) is 2.73. The zero-order chi connectivity index (χ0) is 19.2. The molecular weight excluding hydrogens is 350 g/mol. The number of anilines is 3. The summed E-state index contributed by atoms with van der Waals surface area (Å²) in [7, 11) is 4.63. The van der Waals surface area contributed by atoms with Gasteiger partial charge >= 0.3 is 0 Å². The summed E-state index contributed by atoms with van der Waals surface area (Å²) in [5.41, 5.74) is 1.01. The molecule has 9 heteroatoms. The van der Waals surface area contributed by atoms with Crippen molar-refractivity contribution >= 4 is 17.3 Å². The molecule has 1 aliphatic heterocycles. The molecule has 1 aromatic heterocycles. The predicted octanol–water partition coefficient (Wildman–Crippen LogP) is 1.95. The lowest BCUT2D eigenvalue weighted by molar-refractivity contribution is 0.122. The third kappa shape index (κ3) is 3.80. The highest BCUT2D eigenvalue weighted by atomic mass is 16.5. The fourth-order valence-electron chi connectivity index (χ4n) is 2.88. The van der Waals surface area contributed by atoms with Crippen molar-refractivity contribution in [3.05, 3.63) is 24.0 Å². The minimum absolute atomic E-state index is 0.369. The zero-order valence-electron chi connectivity index (χ0n) is 15.5. The number of rotatable bonds is 6. The highest BCUT2D eigenvalue weighted by Gasteiger charge is 2.20. The van der Waals surface area contributed by atoms with Crippen LogP contribution in [0.5, 0.6) is 17.2 Å². The summed E-state index contributed by atoms with van der Waals surface area (Å²) in [6, 6.07) is 5.70. The Kier molecular flexibility index (Phi) is 5.78. The maximum atomic E-state index is 9.69. The molecule has 0 saturated carbocycles. The lowest BCUT2D eigenvalue weighted by Gasteiger charge is -2.28. The number of aromatic nitrogens is 2. The number of methoxy groups -OCH3 is 3. The molecule has 0 radical (unpaired) electrons. The molecule has 0 spiro atoms. The first-order valence-electron chi connectivity index (χ1n) is 8.36. The Bertz CT molecular complexity index is 821. The second-order valence-electron chi connectivity index (χ2n) is 5.67. The first kappa shape index (κ1) is 18.5. The highest BCUT2D eigenvalue weighted by Crippen LogP contribution is 2.40. The van der Waals surface area contributed by atoms with Gasteiger partial charge in [-0.3, -0.25) is 0 Å². The Balaban J connectivity index is 1.97. The average molecular weight is 371 g/mol. The maximum Gasteiger partial charge on any atom is 0.203 e. The number of nitriles is 1. The molecule has 1 N–H and O–H groups in total. The van der Waals surface area contributed by atoms with E-state index in [1.165, 1.54) is 6.33 Å². The van der Waals surface area contributed by atoms with Gasteiger partial charge in [-0.25, -0.2) is 9.97 Å². The molecule has 0 amide bonds. The van der Waals surface area contributed by atoms with Crippen molar-refractivity contribution in [1.82, 2.24) is 9.97 Å². The Morgan fingerprint density at radius 3 is 2.30 bits per heavy atom. The number of ether oxygens (including phenoxy) is 4. The van der Waals surface area contributed by atoms with Crippen LogP contribution in [0.25, 0.3) is 0 Å². The van der Waals surface area contributed by atoms with E-state index < -0.39 is 0 Å². The van der Waals surface area contributed by atoms with Crippen molar-refractivity contribution in [2.45, 2.75) is 0 Å². The normalized spacial score (nSPS) is 13.6. The van der Waals surface area contributed by atoms with Crippen LogP contribution in [-0.2, 0) is 4.74 Å². The summed E-state index contributed by atoms with van der Waals surface area (Å²) in [6.07, 6.45) is 1.44. The van der Waals surface area contributed by atoms with Gasteiger partial charge in [-0.05, 0) is 0 Å². The molecule has 2 heterocycles. The lowest BCUT2D eigenvalue weighted by Crippen LogP contribution is -2.37. The van der Waals surface area contributed by atoms with Crippen molar-refractivity contribution in [2.75, 3.05) is 57.8 Å². The van der Waals surface area contributed by atoms with Gasteiger partial charge in [0.2, 0.25) is 5.75 Å². The number of hydrogen-bond donors (Lipinski definition) is 1. The maximum absolute atomic E-state index is 9.69. The van der Waals surface area contributed by atoms with Gasteiger partial charge < -0.3 is 29.2 Å². The molecule has 2 aromatic rings. The largest absolute Gasteiger partial charge is 0.493 e. The van der Waals surface area contributed by atoms with E-state index in [0.717, 1.165) is 0 Å². The van der Waals surface area contributed by atoms with E-state index in [4.69, 9.17) is 18.9 Å². The van der Waals surface area contributed by atoms with Crippen LogP contribution in [-0.4, -0.2) is 57.6 Å². The highest BCUT2D eigenvalue weighted by molar-refractivity contribution is 5.73. The molecule has 0 unspecified atom stereocenters. The van der Waals surface area contributed by atoms with Crippen LogP contribution in [0.1, 0.15) is 5.56 Å². The first-order valence-corrected chi connectivity index (χ1v) is 8.36. The molecule has 27 heavy (non-hydrogen) atoms. The monoisotopic (exact) mass is 371 g/mol. The molecule has 0 aliphatic carbocycles. The number of hydrogen-bond acceptors (Lipinski definition) is 9. The molecule has 1 saturated heterocycles. The lowest BCUT2D eigenvalue weighted by atomic mass is 10.2. The molecular formula is C18H21N5O4. The van der Waals surface area contributed by atoms with Gasteiger partial charge in [-0.15, -0.1) is 0 Å². The third-order valence-electron chi connectivity index (χ3n) is 4.18. The third-order valence-corrected chi connectivity index (χ3v) is 4.18. The summed E-state index contributed by atoms with van der Waals surface area (Å²) in [5, 5.41) is 12.9. The molecule has 0 bridgehead atoms. The fourth-order valence-corrected chi connectivity index (χ4v) is 2.88. The minimum Gasteiger partial charge on any atom is -0.493 e. The minimum atomic E-state index is 0.369. The summed E-state index contributed by atoms with van der Waals surface area (Å²) < 4.78 is 21.4. The topological polar surface area (TPSA) is 102 Å². The molecule has 142 valence electrons. The Morgan fingerprint density at radius 2 is 1.74 bits per heavy atom. The van der Waals surface area contributed by atoms with Gasteiger partial charge in [0, 0.05) is 30.9 Å².